The molecule has 4 heteroatoms. The van der Waals surface area contributed by atoms with Crippen molar-refractivity contribution < 1.29 is 9.84 Å². The highest BCUT2D eigenvalue weighted by Gasteiger charge is 2.07. The molecule has 0 saturated heterocycles. The monoisotopic (exact) mass is 280 g/mol. The number of anilines is 1. The number of rotatable bonds is 4. The molecule has 0 radical (unpaired) electrons. The fraction of sp³-hybridized carbons (Fsp3) is 0.118. The molecule has 1 heterocycles. The summed E-state index contributed by atoms with van der Waals surface area (Å²) in [7, 11) is 0. The smallest absolute Gasteiger partial charge is 0.153 e. The third kappa shape index (κ3) is 2.80. The molecular formula is C17H16N2O2. The lowest BCUT2D eigenvalue weighted by Crippen LogP contribution is -1.93. The van der Waals surface area contributed by atoms with E-state index in [4.69, 9.17) is 15.6 Å². The maximum absolute atomic E-state index is 8.92. The van der Waals surface area contributed by atoms with Gasteiger partial charge in [0, 0.05) is 23.9 Å². The van der Waals surface area contributed by atoms with Crippen molar-refractivity contribution in [3.05, 3.63) is 60.3 Å². The minimum absolute atomic E-state index is 0.146. The van der Waals surface area contributed by atoms with Gasteiger partial charge < -0.3 is 15.6 Å². The van der Waals surface area contributed by atoms with Gasteiger partial charge in [-0.25, -0.2) is 0 Å². The van der Waals surface area contributed by atoms with Crippen molar-refractivity contribution in [1.82, 2.24) is 4.98 Å². The highest BCUT2D eigenvalue weighted by Crippen LogP contribution is 2.31. The van der Waals surface area contributed by atoms with Crippen molar-refractivity contribution in [3.8, 4) is 11.5 Å². The molecule has 0 spiro atoms. The van der Waals surface area contributed by atoms with Crippen LogP contribution in [0.25, 0.3) is 10.9 Å². The van der Waals surface area contributed by atoms with E-state index in [1.807, 2.05) is 48.5 Å². The minimum Gasteiger partial charge on any atom is -0.455 e. The van der Waals surface area contributed by atoms with Crippen LogP contribution in [-0.2, 0) is 6.42 Å². The summed E-state index contributed by atoms with van der Waals surface area (Å²) in [6.07, 6.45) is 2.37. The van der Waals surface area contributed by atoms with E-state index in [2.05, 4.69) is 4.98 Å². The fourth-order valence-electron chi connectivity index (χ4n) is 2.23. The summed E-state index contributed by atoms with van der Waals surface area (Å²) >= 11 is 0. The van der Waals surface area contributed by atoms with Gasteiger partial charge >= 0.3 is 0 Å². The van der Waals surface area contributed by atoms with Gasteiger partial charge in [0.2, 0.25) is 0 Å². The third-order valence-corrected chi connectivity index (χ3v) is 3.32. The second kappa shape index (κ2) is 5.81. The number of nitrogens with two attached hydrogens (primary N) is 1. The Balaban J connectivity index is 1.93. The maximum atomic E-state index is 8.92. The number of aliphatic hydroxyl groups excluding tert-OH is 1. The Morgan fingerprint density at radius 3 is 2.62 bits per heavy atom. The summed E-state index contributed by atoms with van der Waals surface area (Å²) in [6, 6.07) is 15.1. The Morgan fingerprint density at radius 2 is 1.86 bits per heavy atom. The number of hydrogen-bond donors (Lipinski definition) is 2. The fourth-order valence-corrected chi connectivity index (χ4v) is 2.23. The predicted octanol–water partition coefficient (Wildman–Crippen LogP) is 3.14. The molecule has 0 amide bonds. The van der Waals surface area contributed by atoms with Crippen molar-refractivity contribution in [2.45, 2.75) is 6.42 Å². The normalized spacial score (nSPS) is 10.7. The SMILES string of the molecule is Nc1ccc(Oc2ccc(CCO)cc2)c2ncccc12. The third-order valence-electron chi connectivity index (χ3n) is 3.32. The van der Waals surface area contributed by atoms with Gasteiger partial charge in [-0.05, 0) is 48.4 Å². The van der Waals surface area contributed by atoms with Crippen molar-refractivity contribution >= 4 is 16.6 Å². The standard InChI is InChI=1S/C17H16N2O2/c18-15-7-8-16(17-14(15)2-1-10-19-17)21-13-5-3-12(4-6-13)9-11-20/h1-8,10,20H,9,11,18H2. The highest BCUT2D eigenvalue weighted by atomic mass is 16.5. The van der Waals surface area contributed by atoms with Gasteiger partial charge in [0.15, 0.2) is 5.75 Å². The Bertz CT molecular complexity index is 754. The van der Waals surface area contributed by atoms with E-state index < -0.39 is 0 Å². The number of nitrogens with zero attached hydrogens (tertiary/aromatic N) is 1. The number of aromatic nitrogens is 1. The molecule has 0 aliphatic heterocycles. The first-order chi connectivity index (χ1) is 10.3. The topological polar surface area (TPSA) is 68.4 Å². The molecule has 0 aliphatic carbocycles. The molecular weight excluding hydrogens is 264 g/mol. The van der Waals surface area contributed by atoms with Gasteiger partial charge in [-0.15, -0.1) is 0 Å². The number of benzene rings is 2. The molecule has 106 valence electrons. The average Bonchev–Trinajstić information content (AvgIpc) is 2.52. The summed E-state index contributed by atoms with van der Waals surface area (Å²) in [5.41, 5.74) is 8.46. The second-order valence-electron chi connectivity index (χ2n) is 4.77. The number of pyridine rings is 1. The molecule has 0 fully saturated rings. The van der Waals surface area contributed by atoms with Gasteiger partial charge in [0.1, 0.15) is 11.3 Å². The van der Waals surface area contributed by atoms with E-state index in [0.29, 0.717) is 17.9 Å². The summed E-state index contributed by atoms with van der Waals surface area (Å²) in [6.45, 7) is 0.146. The van der Waals surface area contributed by atoms with Gasteiger partial charge in [-0.1, -0.05) is 12.1 Å². The van der Waals surface area contributed by atoms with Gasteiger partial charge in [0.05, 0.1) is 0 Å². The van der Waals surface area contributed by atoms with Crippen LogP contribution < -0.4 is 10.5 Å². The van der Waals surface area contributed by atoms with Crippen LogP contribution in [0.5, 0.6) is 11.5 Å². The zero-order chi connectivity index (χ0) is 14.7. The minimum atomic E-state index is 0.146. The Hall–Kier alpha value is -2.59. The quantitative estimate of drug-likeness (QED) is 0.720. The van der Waals surface area contributed by atoms with Gasteiger partial charge in [-0.2, -0.15) is 0 Å². The molecule has 2 aromatic carbocycles. The summed E-state index contributed by atoms with van der Waals surface area (Å²) in [4.78, 5) is 4.35. The summed E-state index contributed by atoms with van der Waals surface area (Å²) < 4.78 is 5.90. The first kappa shape index (κ1) is 13.4. The largest absolute Gasteiger partial charge is 0.455 e. The summed E-state index contributed by atoms with van der Waals surface area (Å²) in [5.74, 6) is 1.41. The van der Waals surface area contributed by atoms with Gasteiger partial charge in [-0.3, -0.25) is 4.98 Å². The number of nitrogen functional groups attached to an aromatic ring is 1. The molecule has 3 N–H and O–H groups in total. The lowest BCUT2D eigenvalue weighted by Gasteiger charge is -2.10. The van der Waals surface area contributed by atoms with E-state index in [1.54, 1.807) is 6.20 Å². The lowest BCUT2D eigenvalue weighted by molar-refractivity contribution is 0.299. The summed E-state index contributed by atoms with van der Waals surface area (Å²) in [5, 5.41) is 9.80. The predicted molar refractivity (Wildman–Crippen MR) is 83.5 cm³/mol. The molecule has 0 bridgehead atoms. The molecule has 0 aliphatic rings. The van der Waals surface area contributed by atoms with Crippen molar-refractivity contribution in [1.29, 1.82) is 0 Å². The first-order valence-corrected chi connectivity index (χ1v) is 6.79. The van der Waals surface area contributed by atoms with Crippen molar-refractivity contribution in [2.75, 3.05) is 12.3 Å². The molecule has 0 unspecified atom stereocenters. The molecule has 3 rings (SSSR count). The molecule has 0 saturated carbocycles. The average molecular weight is 280 g/mol. The lowest BCUT2D eigenvalue weighted by atomic mass is 10.1. The van der Waals surface area contributed by atoms with Crippen LogP contribution in [-0.4, -0.2) is 16.7 Å². The molecule has 1 aromatic heterocycles. The van der Waals surface area contributed by atoms with E-state index >= 15 is 0 Å². The maximum Gasteiger partial charge on any atom is 0.153 e. The zero-order valence-corrected chi connectivity index (χ0v) is 11.5. The highest BCUT2D eigenvalue weighted by molar-refractivity contribution is 5.94. The van der Waals surface area contributed by atoms with E-state index in [-0.39, 0.29) is 6.61 Å². The number of hydrogen-bond acceptors (Lipinski definition) is 4. The van der Waals surface area contributed by atoms with Gasteiger partial charge in [0.25, 0.3) is 0 Å². The van der Waals surface area contributed by atoms with Crippen LogP contribution in [0.2, 0.25) is 0 Å². The van der Waals surface area contributed by atoms with E-state index in [1.165, 1.54) is 0 Å². The number of aliphatic hydroxyl groups is 1. The van der Waals surface area contributed by atoms with Crippen LogP contribution in [0.15, 0.2) is 54.7 Å². The zero-order valence-electron chi connectivity index (χ0n) is 11.5. The Labute approximate surface area is 122 Å². The van der Waals surface area contributed by atoms with Crippen molar-refractivity contribution in [3.63, 3.8) is 0 Å². The number of fused-ring (bicyclic) bond motifs is 1. The van der Waals surface area contributed by atoms with Crippen LogP contribution in [0.3, 0.4) is 0 Å². The van der Waals surface area contributed by atoms with Crippen LogP contribution in [0, 0.1) is 0 Å². The van der Waals surface area contributed by atoms with E-state index in [0.717, 1.165) is 22.2 Å². The number of ether oxygens (including phenoxy) is 1. The Kier molecular flexibility index (Phi) is 3.71. The van der Waals surface area contributed by atoms with Crippen LogP contribution >= 0.6 is 0 Å². The second-order valence-corrected chi connectivity index (χ2v) is 4.77. The molecule has 3 aromatic rings. The first-order valence-electron chi connectivity index (χ1n) is 6.79. The van der Waals surface area contributed by atoms with E-state index in [9.17, 15) is 0 Å². The molecule has 21 heavy (non-hydrogen) atoms. The van der Waals surface area contributed by atoms with Crippen LogP contribution in [0.4, 0.5) is 5.69 Å². The van der Waals surface area contributed by atoms with Crippen molar-refractivity contribution in [2.24, 2.45) is 0 Å². The Morgan fingerprint density at radius 1 is 1.05 bits per heavy atom. The molecule has 4 nitrogen and oxygen atoms in total. The molecule has 0 atom stereocenters. The van der Waals surface area contributed by atoms with Crippen LogP contribution in [0.1, 0.15) is 5.56 Å².